The Labute approximate surface area is 112 Å². The standard InChI is InChI=1S/C15H20N2O2/c1-9-13(14(18)19)8-16-17(9)15-5-10-2-11(6-15)4-12(3-10)7-15/h8,10-12H,2-7H2,1H3,(H,18,19). The van der Waals surface area contributed by atoms with Gasteiger partial charge < -0.3 is 5.11 Å². The maximum Gasteiger partial charge on any atom is 0.339 e. The van der Waals surface area contributed by atoms with Crippen LogP contribution in [0.5, 0.6) is 0 Å². The quantitative estimate of drug-likeness (QED) is 0.889. The topological polar surface area (TPSA) is 55.1 Å². The lowest BCUT2D eigenvalue weighted by molar-refractivity contribution is -0.0504. The monoisotopic (exact) mass is 260 g/mol. The van der Waals surface area contributed by atoms with Gasteiger partial charge in [0.1, 0.15) is 5.56 Å². The molecule has 0 saturated heterocycles. The Kier molecular flexibility index (Phi) is 2.19. The number of hydrogen-bond acceptors (Lipinski definition) is 2. The molecule has 19 heavy (non-hydrogen) atoms. The number of aromatic nitrogens is 2. The van der Waals surface area contributed by atoms with Crippen molar-refractivity contribution in [2.24, 2.45) is 17.8 Å². The fraction of sp³-hybridized carbons (Fsp3) is 0.733. The van der Waals surface area contributed by atoms with Gasteiger partial charge in [-0.25, -0.2) is 4.79 Å². The summed E-state index contributed by atoms with van der Waals surface area (Å²) in [4.78, 5) is 11.2. The van der Waals surface area contributed by atoms with Crippen LogP contribution in [0.25, 0.3) is 0 Å². The zero-order valence-electron chi connectivity index (χ0n) is 11.3. The van der Waals surface area contributed by atoms with Crippen LogP contribution in [0.1, 0.15) is 54.6 Å². The zero-order valence-corrected chi connectivity index (χ0v) is 11.3. The van der Waals surface area contributed by atoms with E-state index in [1.54, 1.807) is 0 Å². The van der Waals surface area contributed by atoms with E-state index in [4.69, 9.17) is 0 Å². The molecule has 4 bridgehead atoms. The molecule has 0 aromatic carbocycles. The van der Waals surface area contributed by atoms with Gasteiger partial charge in [-0.1, -0.05) is 0 Å². The maximum atomic E-state index is 11.2. The summed E-state index contributed by atoms with van der Waals surface area (Å²) in [7, 11) is 0. The van der Waals surface area contributed by atoms with E-state index in [-0.39, 0.29) is 5.54 Å². The largest absolute Gasteiger partial charge is 0.478 e. The van der Waals surface area contributed by atoms with Gasteiger partial charge in [0.05, 0.1) is 17.4 Å². The van der Waals surface area contributed by atoms with Crippen molar-refractivity contribution in [1.82, 2.24) is 9.78 Å². The van der Waals surface area contributed by atoms with Gasteiger partial charge >= 0.3 is 5.97 Å². The van der Waals surface area contributed by atoms with Crippen LogP contribution in [-0.2, 0) is 5.54 Å². The van der Waals surface area contributed by atoms with Gasteiger partial charge in [-0.2, -0.15) is 5.10 Å². The van der Waals surface area contributed by atoms with Crippen molar-refractivity contribution in [3.8, 4) is 0 Å². The third kappa shape index (κ3) is 1.52. The van der Waals surface area contributed by atoms with E-state index in [0.717, 1.165) is 23.4 Å². The molecule has 0 unspecified atom stereocenters. The van der Waals surface area contributed by atoms with E-state index in [0.29, 0.717) is 5.56 Å². The van der Waals surface area contributed by atoms with Gasteiger partial charge in [-0.3, -0.25) is 4.68 Å². The highest BCUT2D eigenvalue weighted by molar-refractivity contribution is 5.88. The minimum Gasteiger partial charge on any atom is -0.478 e. The summed E-state index contributed by atoms with van der Waals surface area (Å²) in [5.74, 6) is 1.70. The Morgan fingerprint density at radius 3 is 2.21 bits per heavy atom. The fourth-order valence-corrected chi connectivity index (χ4v) is 5.42. The molecule has 0 aliphatic heterocycles. The van der Waals surface area contributed by atoms with Crippen LogP contribution < -0.4 is 0 Å². The van der Waals surface area contributed by atoms with Crippen LogP contribution in [0.15, 0.2) is 6.20 Å². The third-order valence-corrected chi connectivity index (χ3v) is 5.70. The summed E-state index contributed by atoms with van der Waals surface area (Å²) in [6.07, 6.45) is 9.35. The lowest BCUT2D eigenvalue weighted by Gasteiger charge is -2.56. The lowest BCUT2D eigenvalue weighted by atomic mass is 9.53. The SMILES string of the molecule is Cc1c(C(=O)O)cnn1C12CC3CC(CC(C3)C1)C2. The minimum atomic E-state index is -0.853. The first-order chi connectivity index (χ1) is 9.07. The van der Waals surface area contributed by atoms with Gasteiger partial charge in [0.15, 0.2) is 0 Å². The first kappa shape index (κ1) is 11.5. The summed E-state index contributed by atoms with van der Waals surface area (Å²) in [6, 6.07) is 0. The number of carboxylic acid groups (broad SMARTS) is 1. The number of hydrogen-bond donors (Lipinski definition) is 1. The van der Waals surface area contributed by atoms with Gasteiger partial charge in [-0.15, -0.1) is 0 Å². The summed E-state index contributed by atoms with van der Waals surface area (Å²) < 4.78 is 2.07. The molecule has 1 aromatic heterocycles. The normalized spacial score (nSPS) is 39.7. The average molecular weight is 260 g/mol. The molecule has 4 heteroatoms. The summed E-state index contributed by atoms with van der Waals surface area (Å²) in [5.41, 5.74) is 1.34. The first-order valence-electron chi connectivity index (χ1n) is 7.36. The molecular weight excluding hydrogens is 240 g/mol. The second-order valence-electron chi connectivity index (χ2n) is 7.00. The molecular formula is C15H20N2O2. The minimum absolute atomic E-state index is 0.131. The third-order valence-electron chi connectivity index (χ3n) is 5.70. The van der Waals surface area contributed by atoms with Crippen LogP contribution in [0.2, 0.25) is 0 Å². The fourth-order valence-electron chi connectivity index (χ4n) is 5.42. The molecule has 0 atom stereocenters. The smallest absolute Gasteiger partial charge is 0.339 e. The summed E-state index contributed by atoms with van der Waals surface area (Å²) >= 11 is 0. The molecule has 1 heterocycles. The Hall–Kier alpha value is -1.32. The first-order valence-corrected chi connectivity index (χ1v) is 7.36. The van der Waals surface area contributed by atoms with Crippen LogP contribution >= 0.6 is 0 Å². The Balaban J connectivity index is 1.77. The van der Waals surface area contributed by atoms with Crippen molar-refractivity contribution in [1.29, 1.82) is 0 Å². The van der Waals surface area contributed by atoms with Crippen molar-refractivity contribution in [3.05, 3.63) is 17.5 Å². The Bertz CT molecular complexity index is 511. The molecule has 4 nitrogen and oxygen atoms in total. The average Bonchev–Trinajstić information content (AvgIpc) is 2.69. The molecule has 0 spiro atoms. The van der Waals surface area contributed by atoms with Crippen LogP contribution in [0.3, 0.4) is 0 Å². The Morgan fingerprint density at radius 1 is 1.26 bits per heavy atom. The van der Waals surface area contributed by atoms with Gasteiger partial charge in [0.2, 0.25) is 0 Å². The summed E-state index contributed by atoms with van der Waals surface area (Å²) in [6.45, 7) is 1.91. The number of carboxylic acids is 1. The van der Waals surface area contributed by atoms with Gasteiger partial charge in [-0.05, 0) is 63.2 Å². The van der Waals surface area contributed by atoms with Gasteiger partial charge in [0, 0.05) is 0 Å². The molecule has 4 aliphatic rings. The van der Waals surface area contributed by atoms with E-state index >= 15 is 0 Å². The highest BCUT2D eigenvalue weighted by Gasteiger charge is 2.52. The van der Waals surface area contributed by atoms with Crippen molar-refractivity contribution < 1.29 is 9.90 Å². The van der Waals surface area contributed by atoms with E-state index in [1.807, 2.05) is 6.92 Å². The van der Waals surface area contributed by atoms with Crippen LogP contribution in [0, 0.1) is 24.7 Å². The lowest BCUT2D eigenvalue weighted by Crippen LogP contribution is -2.52. The second-order valence-corrected chi connectivity index (χ2v) is 7.00. The molecule has 1 aromatic rings. The molecule has 0 radical (unpaired) electrons. The van der Waals surface area contributed by atoms with E-state index < -0.39 is 5.97 Å². The van der Waals surface area contributed by atoms with Crippen molar-refractivity contribution in [2.75, 3.05) is 0 Å². The maximum absolute atomic E-state index is 11.2. The molecule has 0 amide bonds. The number of aromatic carboxylic acids is 1. The van der Waals surface area contributed by atoms with E-state index in [9.17, 15) is 9.90 Å². The second kappa shape index (κ2) is 3.62. The van der Waals surface area contributed by atoms with E-state index in [1.165, 1.54) is 44.7 Å². The highest BCUT2D eigenvalue weighted by atomic mass is 16.4. The van der Waals surface area contributed by atoms with Crippen molar-refractivity contribution >= 4 is 5.97 Å². The van der Waals surface area contributed by atoms with Crippen molar-refractivity contribution in [3.63, 3.8) is 0 Å². The Morgan fingerprint density at radius 2 is 1.79 bits per heavy atom. The molecule has 4 saturated carbocycles. The molecule has 5 rings (SSSR count). The number of rotatable bonds is 2. The van der Waals surface area contributed by atoms with Crippen LogP contribution in [-0.4, -0.2) is 20.9 Å². The predicted molar refractivity (Wildman–Crippen MR) is 70.1 cm³/mol. The zero-order chi connectivity index (χ0) is 13.2. The van der Waals surface area contributed by atoms with E-state index in [2.05, 4.69) is 9.78 Å². The highest BCUT2D eigenvalue weighted by Crippen LogP contribution is 2.58. The summed E-state index contributed by atoms with van der Waals surface area (Å²) in [5, 5.41) is 13.7. The van der Waals surface area contributed by atoms with Crippen LogP contribution in [0.4, 0.5) is 0 Å². The molecule has 102 valence electrons. The van der Waals surface area contributed by atoms with Gasteiger partial charge in [0.25, 0.3) is 0 Å². The molecule has 4 aliphatic carbocycles. The predicted octanol–water partition coefficient (Wildman–Crippen LogP) is 2.82. The molecule has 1 N–H and O–H groups in total. The number of carbonyl (C=O) groups is 1. The molecule has 4 fully saturated rings. The number of nitrogens with zero attached hydrogens (tertiary/aromatic N) is 2. The van der Waals surface area contributed by atoms with Crippen molar-refractivity contribution in [2.45, 2.75) is 51.0 Å².